The highest BCUT2D eigenvalue weighted by Gasteiger charge is 2.09. The number of nitrogens with one attached hydrogen (secondary N) is 2. The van der Waals surface area contributed by atoms with Crippen LogP contribution in [0, 0.1) is 0 Å². The van der Waals surface area contributed by atoms with Gasteiger partial charge in [-0.15, -0.1) is 0 Å². The standard InChI is InChI=1S/C15H22N2O5/c1-3-21-11-7-8-13(22-4-2)12(10-11)17-15(20)16-9-5-6-14(18)19/h7-8,10H,3-6,9H2,1-2H3,(H,18,19)(H2,16,17,20). The van der Waals surface area contributed by atoms with Crippen molar-refractivity contribution in [2.24, 2.45) is 0 Å². The molecular formula is C15H22N2O5. The summed E-state index contributed by atoms with van der Waals surface area (Å²) < 4.78 is 10.8. The number of amides is 2. The number of carboxylic acid groups (broad SMARTS) is 1. The van der Waals surface area contributed by atoms with Crippen LogP contribution in [-0.4, -0.2) is 36.9 Å². The summed E-state index contributed by atoms with van der Waals surface area (Å²) >= 11 is 0. The Morgan fingerprint density at radius 1 is 1.18 bits per heavy atom. The SMILES string of the molecule is CCOc1ccc(OCC)c(NC(=O)NCCCC(=O)O)c1. The third-order valence-electron chi connectivity index (χ3n) is 2.66. The number of rotatable bonds is 9. The molecule has 0 saturated heterocycles. The smallest absolute Gasteiger partial charge is 0.319 e. The largest absolute Gasteiger partial charge is 0.494 e. The van der Waals surface area contributed by atoms with E-state index in [1.54, 1.807) is 18.2 Å². The lowest BCUT2D eigenvalue weighted by Crippen LogP contribution is -2.30. The summed E-state index contributed by atoms with van der Waals surface area (Å²) in [5.74, 6) is 0.295. The second kappa shape index (κ2) is 9.49. The van der Waals surface area contributed by atoms with Gasteiger partial charge >= 0.3 is 12.0 Å². The fraction of sp³-hybridized carbons (Fsp3) is 0.467. The first-order chi connectivity index (χ1) is 10.6. The minimum absolute atomic E-state index is 0.0182. The molecule has 7 nitrogen and oxygen atoms in total. The Morgan fingerprint density at radius 2 is 1.91 bits per heavy atom. The minimum Gasteiger partial charge on any atom is -0.494 e. The molecule has 0 radical (unpaired) electrons. The molecule has 0 aliphatic rings. The summed E-state index contributed by atoms with van der Waals surface area (Å²) in [5.41, 5.74) is 0.503. The molecule has 0 aliphatic heterocycles. The van der Waals surface area contributed by atoms with Gasteiger partial charge in [0.25, 0.3) is 0 Å². The van der Waals surface area contributed by atoms with Gasteiger partial charge in [0.2, 0.25) is 0 Å². The van der Waals surface area contributed by atoms with E-state index in [4.69, 9.17) is 14.6 Å². The highest BCUT2D eigenvalue weighted by Crippen LogP contribution is 2.29. The monoisotopic (exact) mass is 310 g/mol. The van der Waals surface area contributed by atoms with Crippen LogP contribution in [0.3, 0.4) is 0 Å². The van der Waals surface area contributed by atoms with Crippen molar-refractivity contribution in [3.8, 4) is 11.5 Å². The molecule has 0 spiro atoms. The van der Waals surface area contributed by atoms with Gasteiger partial charge in [-0.05, 0) is 32.4 Å². The van der Waals surface area contributed by atoms with E-state index in [-0.39, 0.29) is 13.0 Å². The molecule has 0 fully saturated rings. The molecule has 3 N–H and O–H groups in total. The number of urea groups is 1. The molecule has 0 aliphatic carbocycles. The second-order valence-electron chi connectivity index (χ2n) is 4.40. The van der Waals surface area contributed by atoms with Crippen LogP contribution in [0.5, 0.6) is 11.5 Å². The van der Waals surface area contributed by atoms with E-state index in [9.17, 15) is 9.59 Å². The molecule has 0 heterocycles. The topological polar surface area (TPSA) is 96.9 Å². The molecule has 0 atom stereocenters. The van der Waals surface area contributed by atoms with E-state index in [2.05, 4.69) is 10.6 Å². The zero-order valence-corrected chi connectivity index (χ0v) is 12.8. The van der Waals surface area contributed by atoms with Crippen molar-refractivity contribution in [1.82, 2.24) is 5.32 Å². The molecule has 0 saturated carbocycles. The molecule has 1 aromatic rings. The van der Waals surface area contributed by atoms with Crippen LogP contribution in [0.4, 0.5) is 10.5 Å². The number of anilines is 1. The van der Waals surface area contributed by atoms with Gasteiger partial charge < -0.3 is 25.2 Å². The quantitative estimate of drug-likeness (QED) is 0.609. The number of carboxylic acids is 1. The maximum atomic E-state index is 11.8. The first-order valence-electron chi connectivity index (χ1n) is 7.23. The van der Waals surface area contributed by atoms with Crippen LogP contribution in [-0.2, 0) is 4.79 Å². The number of carbonyl (C=O) groups excluding carboxylic acids is 1. The maximum absolute atomic E-state index is 11.8. The predicted molar refractivity (Wildman–Crippen MR) is 82.7 cm³/mol. The van der Waals surface area contributed by atoms with Crippen molar-refractivity contribution in [1.29, 1.82) is 0 Å². The molecule has 2 amide bonds. The predicted octanol–water partition coefficient (Wildman–Crippen LogP) is 2.47. The Balaban J connectivity index is 2.62. The number of benzene rings is 1. The Kier molecular flexibility index (Phi) is 7.60. The van der Waals surface area contributed by atoms with Gasteiger partial charge in [-0.1, -0.05) is 0 Å². The molecule has 0 aromatic heterocycles. The molecular weight excluding hydrogens is 288 g/mol. The van der Waals surface area contributed by atoms with Gasteiger partial charge in [0.15, 0.2) is 0 Å². The van der Waals surface area contributed by atoms with Crippen LogP contribution in [0.1, 0.15) is 26.7 Å². The van der Waals surface area contributed by atoms with Gasteiger partial charge in [-0.25, -0.2) is 4.79 Å². The zero-order valence-electron chi connectivity index (χ0n) is 12.8. The zero-order chi connectivity index (χ0) is 16.4. The highest BCUT2D eigenvalue weighted by molar-refractivity contribution is 5.91. The molecule has 22 heavy (non-hydrogen) atoms. The number of hydrogen-bond donors (Lipinski definition) is 3. The van der Waals surface area contributed by atoms with Gasteiger partial charge in [0.1, 0.15) is 11.5 Å². The summed E-state index contributed by atoms with van der Waals surface area (Å²) in [4.78, 5) is 22.2. The van der Waals surface area contributed by atoms with E-state index in [1.807, 2.05) is 13.8 Å². The Hall–Kier alpha value is -2.44. The van der Waals surface area contributed by atoms with Crippen molar-refractivity contribution in [3.63, 3.8) is 0 Å². The maximum Gasteiger partial charge on any atom is 0.319 e. The van der Waals surface area contributed by atoms with Crippen molar-refractivity contribution in [3.05, 3.63) is 18.2 Å². The van der Waals surface area contributed by atoms with Crippen molar-refractivity contribution >= 4 is 17.7 Å². The normalized spacial score (nSPS) is 9.91. The summed E-state index contributed by atoms with van der Waals surface area (Å²) in [6, 6.07) is 4.77. The Morgan fingerprint density at radius 3 is 2.55 bits per heavy atom. The van der Waals surface area contributed by atoms with E-state index in [1.165, 1.54) is 0 Å². The minimum atomic E-state index is -0.884. The molecule has 7 heteroatoms. The van der Waals surface area contributed by atoms with Crippen LogP contribution < -0.4 is 20.1 Å². The summed E-state index contributed by atoms with van der Waals surface area (Å²) in [6.45, 7) is 5.01. The summed E-state index contributed by atoms with van der Waals surface area (Å²) in [7, 11) is 0. The van der Waals surface area contributed by atoms with Gasteiger partial charge in [0.05, 0.1) is 18.9 Å². The third kappa shape index (κ3) is 6.34. The Labute approximate surface area is 129 Å². The number of ether oxygens (including phenoxy) is 2. The number of hydrogen-bond acceptors (Lipinski definition) is 4. The van der Waals surface area contributed by atoms with Crippen molar-refractivity contribution in [2.45, 2.75) is 26.7 Å². The molecule has 0 bridgehead atoms. The average molecular weight is 310 g/mol. The van der Waals surface area contributed by atoms with Crippen LogP contribution in [0.15, 0.2) is 18.2 Å². The second-order valence-corrected chi connectivity index (χ2v) is 4.40. The van der Waals surface area contributed by atoms with Crippen LogP contribution in [0.2, 0.25) is 0 Å². The Bertz CT molecular complexity index is 505. The highest BCUT2D eigenvalue weighted by atomic mass is 16.5. The molecule has 122 valence electrons. The number of aliphatic carboxylic acids is 1. The molecule has 0 unspecified atom stereocenters. The third-order valence-corrected chi connectivity index (χ3v) is 2.66. The summed E-state index contributed by atoms with van der Waals surface area (Å²) in [6.07, 6.45) is 0.393. The van der Waals surface area contributed by atoms with Gasteiger partial charge in [-0.3, -0.25) is 4.79 Å². The molecule has 1 aromatic carbocycles. The fourth-order valence-corrected chi connectivity index (χ4v) is 1.75. The van der Waals surface area contributed by atoms with Crippen molar-refractivity contribution < 1.29 is 24.2 Å². The van der Waals surface area contributed by atoms with Crippen LogP contribution >= 0.6 is 0 Å². The van der Waals surface area contributed by atoms with Crippen molar-refractivity contribution in [2.75, 3.05) is 25.1 Å². The lowest BCUT2D eigenvalue weighted by molar-refractivity contribution is -0.137. The van der Waals surface area contributed by atoms with Gasteiger partial charge in [0, 0.05) is 19.0 Å². The fourth-order valence-electron chi connectivity index (χ4n) is 1.75. The van der Waals surface area contributed by atoms with Gasteiger partial charge in [-0.2, -0.15) is 0 Å². The van der Waals surface area contributed by atoms with E-state index in [0.29, 0.717) is 36.8 Å². The first-order valence-corrected chi connectivity index (χ1v) is 7.23. The van der Waals surface area contributed by atoms with E-state index >= 15 is 0 Å². The average Bonchev–Trinajstić information content (AvgIpc) is 2.46. The van der Waals surface area contributed by atoms with E-state index in [0.717, 1.165) is 0 Å². The summed E-state index contributed by atoms with van der Waals surface area (Å²) in [5, 5.41) is 13.8. The lowest BCUT2D eigenvalue weighted by Gasteiger charge is -2.14. The van der Waals surface area contributed by atoms with Crippen LogP contribution in [0.25, 0.3) is 0 Å². The molecule has 1 rings (SSSR count). The first kappa shape index (κ1) is 17.6. The number of carbonyl (C=O) groups is 2. The lowest BCUT2D eigenvalue weighted by atomic mass is 10.2. The van der Waals surface area contributed by atoms with E-state index < -0.39 is 12.0 Å².